The third kappa shape index (κ3) is 5.37. The fourth-order valence-corrected chi connectivity index (χ4v) is 3.70. The van der Waals surface area contributed by atoms with Crippen molar-refractivity contribution in [1.29, 1.82) is 0 Å². The van der Waals surface area contributed by atoms with E-state index >= 15 is 0 Å². The predicted molar refractivity (Wildman–Crippen MR) is 108 cm³/mol. The molecular formula is C21H22N2O3S. The molecule has 0 saturated carbocycles. The van der Waals surface area contributed by atoms with Crippen molar-refractivity contribution in [2.24, 2.45) is 0 Å². The highest BCUT2D eigenvalue weighted by atomic mass is 32.1. The number of aromatic nitrogens is 1. The fraction of sp³-hybridized carbons (Fsp3) is 0.286. The molecule has 6 heteroatoms. The second kappa shape index (κ2) is 8.77. The zero-order chi connectivity index (χ0) is 19.2. The molecule has 1 amide bonds. The second-order valence-corrected chi connectivity index (χ2v) is 7.53. The number of thiazole rings is 1. The summed E-state index contributed by atoms with van der Waals surface area (Å²) in [5.41, 5.74) is 2.73. The Hall–Kier alpha value is -2.73. The van der Waals surface area contributed by atoms with Crippen molar-refractivity contribution in [3.05, 3.63) is 59.1 Å². The van der Waals surface area contributed by atoms with Crippen LogP contribution in [0.1, 0.15) is 30.3 Å². The van der Waals surface area contributed by atoms with Gasteiger partial charge in [0, 0.05) is 12.1 Å². The number of anilines is 1. The fourth-order valence-electron chi connectivity index (χ4n) is 2.69. The van der Waals surface area contributed by atoms with Crippen molar-refractivity contribution in [3.63, 3.8) is 0 Å². The zero-order valence-corrected chi connectivity index (χ0v) is 16.2. The third-order valence-corrected chi connectivity index (χ3v) is 5.17. The molecule has 0 fully saturated rings. The van der Waals surface area contributed by atoms with Crippen molar-refractivity contribution in [3.8, 4) is 0 Å². The lowest BCUT2D eigenvalue weighted by Crippen LogP contribution is -2.29. The van der Waals surface area contributed by atoms with Gasteiger partial charge in [0.1, 0.15) is 0 Å². The molecule has 0 saturated heterocycles. The van der Waals surface area contributed by atoms with Crippen molar-refractivity contribution in [1.82, 2.24) is 4.98 Å². The van der Waals surface area contributed by atoms with Crippen molar-refractivity contribution in [2.45, 2.75) is 39.2 Å². The van der Waals surface area contributed by atoms with Crippen LogP contribution in [0.25, 0.3) is 10.2 Å². The van der Waals surface area contributed by atoms with Gasteiger partial charge in [0.25, 0.3) is 5.91 Å². The summed E-state index contributed by atoms with van der Waals surface area (Å²) in [5.74, 6) is -0.705. The molecule has 0 spiro atoms. The highest BCUT2D eigenvalue weighted by Gasteiger charge is 2.18. The van der Waals surface area contributed by atoms with Gasteiger partial charge in [-0.15, -0.1) is 11.3 Å². The number of amides is 1. The molecule has 1 aromatic heterocycles. The van der Waals surface area contributed by atoms with Crippen LogP contribution in [-0.4, -0.2) is 23.0 Å². The van der Waals surface area contributed by atoms with E-state index in [1.165, 1.54) is 0 Å². The number of carbonyl (C=O) groups is 2. The van der Waals surface area contributed by atoms with Crippen molar-refractivity contribution < 1.29 is 14.3 Å². The molecule has 27 heavy (non-hydrogen) atoms. The van der Waals surface area contributed by atoms with E-state index in [0.29, 0.717) is 12.1 Å². The van der Waals surface area contributed by atoms with E-state index in [1.807, 2.05) is 49.4 Å². The van der Waals surface area contributed by atoms with Gasteiger partial charge in [0.15, 0.2) is 6.10 Å². The Morgan fingerprint density at radius 2 is 2.00 bits per heavy atom. The van der Waals surface area contributed by atoms with Gasteiger partial charge in [0.2, 0.25) is 0 Å². The molecule has 2 aromatic carbocycles. The maximum absolute atomic E-state index is 12.2. The molecule has 3 aromatic rings. The highest BCUT2D eigenvalue weighted by molar-refractivity contribution is 7.18. The molecular weight excluding hydrogens is 360 g/mol. The van der Waals surface area contributed by atoms with E-state index in [-0.39, 0.29) is 18.3 Å². The van der Waals surface area contributed by atoms with E-state index < -0.39 is 6.10 Å². The largest absolute Gasteiger partial charge is 0.453 e. The first-order chi connectivity index (χ1) is 13.0. The molecule has 0 bridgehead atoms. The summed E-state index contributed by atoms with van der Waals surface area (Å²) in [6.07, 6.45) is 0.793. The SMILES string of the molecule is Cc1cccc(NC(=O)[C@H](C)OC(=O)CCCc2nc3ccccc3s2)c1. The monoisotopic (exact) mass is 382 g/mol. The molecule has 0 aliphatic heterocycles. The summed E-state index contributed by atoms with van der Waals surface area (Å²) in [6.45, 7) is 3.53. The number of nitrogens with zero attached hydrogens (tertiary/aromatic N) is 1. The number of aryl methyl sites for hydroxylation is 2. The van der Waals surface area contributed by atoms with Crippen LogP contribution in [-0.2, 0) is 20.7 Å². The molecule has 0 unspecified atom stereocenters. The summed E-state index contributed by atoms with van der Waals surface area (Å²) >= 11 is 1.64. The summed E-state index contributed by atoms with van der Waals surface area (Å²) in [7, 11) is 0. The van der Waals surface area contributed by atoms with Crippen LogP contribution in [0, 0.1) is 6.92 Å². The Labute approximate surface area is 162 Å². The Balaban J connectivity index is 1.43. The molecule has 3 rings (SSSR count). The van der Waals surface area contributed by atoms with Crippen LogP contribution in [0.3, 0.4) is 0 Å². The van der Waals surface area contributed by atoms with Gasteiger partial charge in [-0.1, -0.05) is 24.3 Å². The number of nitrogens with one attached hydrogen (secondary N) is 1. The van der Waals surface area contributed by atoms with Gasteiger partial charge >= 0.3 is 5.97 Å². The summed E-state index contributed by atoms with van der Waals surface area (Å²) in [4.78, 5) is 28.7. The van der Waals surface area contributed by atoms with Gasteiger partial charge in [-0.05, 0) is 56.5 Å². The lowest BCUT2D eigenvalue weighted by Gasteiger charge is -2.13. The maximum Gasteiger partial charge on any atom is 0.306 e. The standard InChI is InChI=1S/C21H22N2O3S/c1-14-7-5-8-16(13-14)22-21(25)15(2)26-20(24)12-6-11-19-23-17-9-3-4-10-18(17)27-19/h3-5,7-10,13,15H,6,11-12H2,1-2H3,(H,22,25)/t15-/m0/s1. The minimum absolute atomic E-state index is 0.262. The number of ether oxygens (including phenoxy) is 1. The number of para-hydroxylation sites is 1. The van der Waals surface area contributed by atoms with Gasteiger partial charge in [-0.2, -0.15) is 0 Å². The van der Waals surface area contributed by atoms with Crippen molar-refractivity contribution in [2.75, 3.05) is 5.32 Å². The number of carbonyl (C=O) groups excluding carboxylic acids is 2. The summed E-state index contributed by atoms with van der Waals surface area (Å²) in [5, 5.41) is 3.77. The molecule has 1 heterocycles. The van der Waals surface area contributed by atoms with E-state index in [4.69, 9.17) is 4.74 Å². The Morgan fingerprint density at radius 1 is 1.19 bits per heavy atom. The number of hydrogen-bond donors (Lipinski definition) is 1. The molecule has 140 valence electrons. The van der Waals surface area contributed by atoms with E-state index in [1.54, 1.807) is 24.3 Å². The van der Waals surface area contributed by atoms with Crippen LogP contribution in [0.2, 0.25) is 0 Å². The average Bonchev–Trinajstić information content (AvgIpc) is 3.04. The molecule has 1 atom stereocenters. The van der Waals surface area contributed by atoms with Crippen LogP contribution >= 0.6 is 11.3 Å². The van der Waals surface area contributed by atoms with E-state index in [2.05, 4.69) is 10.3 Å². The molecule has 0 aliphatic carbocycles. The normalized spacial score (nSPS) is 11.9. The minimum atomic E-state index is -0.833. The quantitative estimate of drug-likeness (QED) is 0.611. The average molecular weight is 382 g/mol. The third-order valence-electron chi connectivity index (χ3n) is 4.07. The van der Waals surface area contributed by atoms with E-state index in [9.17, 15) is 9.59 Å². The zero-order valence-electron chi connectivity index (χ0n) is 15.4. The number of hydrogen-bond acceptors (Lipinski definition) is 5. The van der Waals surface area contributed by atoms with Gasteiger partial charge in [0.05, 0.1) is 15.2 Å². The number of esters is 1. The number of benzene rings is 2. The van der Waals surface area contributed by atoms with E-state index in [0.717, 1.165) is 27.2 Å². The van der Waals surface area contributed by atoms with Crippen LogP contribution in [0.15, 0.2) is 48.5 Å². The van der Waals surface area contributed by atoms with Crippen LogP contribution < -0.4 is 5.32 Å². The molecule has 0 radical (unpaired) electrons. The van der Waals surface area contributed by atoms with Gasteiger partial charge < -0.3 is 10.1 Å². The smallest absolute Gasteiger partial charge is 0.306 e. The second-order valence-electron chi connectivity index (χ2n) is 6.42. The predicted octanol–water partition coefficient (Wildman–Crippen LogP) is 4.50. The van der Waals surface area contributed by atoms with Gasteiger partial charge in [-0.3, -0.25) is 9.59 Å². The topological polar surface area (TPSA) is 68.3 Å². The van der Waals surface area contributed by atoms with Crippen molar-refractivity contribution >= 4 is 39.1 Å². The number of rotatable bonds is 7. The first-order valence-corrected chi connectivity index (χ1v) is 9.74. The Kier molecular flexibility index (Phi) is 6.19. The summed E-state index contributed by atoms with van der Waals surface area (Å²) in [6, 6.07) is 15.5. The summed E-state index contributed by atoms with van der Waals surface area (Å²) < 4.78 is 6.39. The van der Waals surface area contributed by atoms with Gasteiger partial charge in [-0.25, -0.2) is 4.98 Å². The first-order valence-electron chi connectivity index (χ1n) is 8.93. The Morgan fingerprint density at radius 3 is 2.78 bits per heavy atom. The first kappa shape index (κ1) is 19.0. The van der Waals surface area contributed by atoms with Crippen LogP contribution in [0.4, 0.5) is 5.69 Å². The maximum atomic E-state index is 12.2. The molecule has 0 aliphatic rings. The lowest BCUT2D eigenvalue weighted by atomic mass is 10.2. The molecule has 1 N–H and O–H groups in total. The lowest BCUT2D eigenvalue weighted by molar-refractivity contribution is -0.153. The molecule has 5 nitrogen and oxygen atoms in total. The van der Waals surface area contributed by atoms with Crippen LogP contribution in [0.5, 0.6) is 0 Å². The highest BCUT2D eigenvalue weighted by Crippen LogP contribution is 2.22. The number of fused-ring (bicyclic) bond motifs is 1. The minimum Gasteiger partial charge on any atom is -0.453 e. The Bertz CT molecular complexity index is 918.